The second-order valence-corrected chi connectivity index (χ2v) is 7.98. The quantitative estimate of drug-likeness (QED) is 0.625. The van der Waals surface area contributed by atoms with E-state index in [1.54, 1.807) is 0 Å². The van der Waals surface area contributed by atoms with Crippen LogP contribution in [0.3, 0.4) is 0 Å². The number of carboxylic acids is 1. The lowest BCUT2D eigenvalue weighted by atomic mass is 10.3. The van der Waals surface area contributed by atoms with Gasteiger partial charge in [0.15, 0.2) is 9.84 Å². The number of carbonyl (C=O) groups is 1. The molecular weight excluding hydrogens is 290 g/mol. The summed E-state index contributed by atoms with van der Waals surface area (Å²) in [4.78, 5) is 20.6. The third-order valence-corrected chi connectivity index (χ3v) is 5.25. The highest BCUT2D eigenvalue weighted by Crippen LogP contribution is 2.19. The maximum Gasteiger partial charge on any atom is 0.363 e. The maximum atomic E-state index is 11.9. The zero-order valence-electron chi connectivity index (χ0n) is 11.2. The van der Waals surface area contributed by atoms with Crippen LogP contribution in [-0.4, -0.2) is 44.7 Å². The summed E-state index contributed by atoms with van der Waals surface area (Å²) in [5, 5.41) is 23.0. The van der Waals surface area contributed by atoms with Gasteiger partial charge in [0.25, 0.3) is 0 Å². The van der Waals surface area contributed by atoms with Gasteiger partial charge in [-0.3, -0.25) is 14.8 Å². The zero-order chi connectivity index (χ0) is 15.7. The molecule has 0 unspecified atom stereocenters. The van der Waals surface area contributed by atoms with Gasteiger partial charge >= 0.3 is 11.7 Å². The topological polar surface area (TPSA) is 132 Å². The van der Waals surface area contributed by atoms with Crippen LogP contribution < -0.4 is 0 Å². The molecule has 0 aliphatic carbocycles. The minimum absolute atomic E-state index is 0.145. The van der Waals surface area contributed by atoms with Crippen molar-refractivity contribution in [3.8, 4) is 0 Å². The second-order valence-electron chi connectivity index (χ2n) is 5.12. The number of nitrogens with zero attached hydrogens (tertiary/aromatic N) is 3. The van der Waals surface area contributed by atoms with Gasteiger partial charge in [0, 0.05) is 0 Å². The van der Waals surface area contributed by atoms with Crippen molar-refractivity contribution in [3.63, 3.8) is 0 Å². The average molecular weight is 305 g/mol. The Bertz CT molecular complexity index is 609. The standard InChI is InChI=1S/C10H15N3O6S/c1-10(2,3)20(18,19)5-4-12-6-7(13(16)17)8(11-12)9(14)15/h6H,4-5H2,1-3H3,(H,14,15). The molecule has 1 aromatic rings. The van der Waals surface area contributed by atoms with Crippen LogP contribution >= 0.6 is 0 Å². The summed E-state index contributed by atoms with van der Waals surface area (Å²) >= 11 is 0. The molecule has 1 rings (SSSR count). The maximum absolute atomic E-state index is 11.9. The Balaban J connectivity index is 2.99. The first-order valence-electron chi connectivity index (χ1n) is 5.63. The van der Waals surface area contributed by atoms with Gasteiger partial charge in [0.1, 0.15) is 6.20 Å². The number of aromatic carboxylic acids is 1. The van der Waals surface area contributed by atoms with Gasteiger partial charge in [-0.1, -0.05) is 0 Å². The molecule has 10 heteroatoms. The first-order chi connectivity index (χ1) is 8.95. The van der Waals surface area contributed by atoms with E-state index < -0.39 is 36.9 Å². The van der Waals surface area contributed by atoms with E-state index >= 15 is 0 Å². The summed E-state index contributed by atoms with van der Waals surface area (Å²) in [6, 6.07) is 0. The highest BCUT2D eigenvalue weighted by Gasteiger charge is 2.30. The number of carboxylic acid groups (broad SMARTS) is 1. The summed E-state index contributed by atoms with van der Waals surface area (Å²) in [5.74, 6) is -1.82. The molecule has 0 aromatic carbocycles. The molecule has 20 heavy (non-hydrogen) atoms. The molecule has 1 aromatic heterocycles. The zero-order valence-corrected chi connectivity index (χ0v) is 12.0. The second kappa shape index (κ2) is 5.19. The molecule has 0 amide bonds. The number of hydrogen-bond donors (Lipinski definition) is 1. The van der Waals surface area contributed by atoms with E-state index in [-0.39, 0.29) is 12.3 Å². The number of sulfone groups is 1. The van der Waals surface area contributed by atoms with Crippen molar-refractivity contribution in [1.29, 1.82) is 0 Å². The summed E-state index contributed by atoms with van der Waals surface area (Å²) in [6.45, 7) is 4.47. The van der Waals surface area contributed by atoms with Crippen LogP contribution in [0.4, 0.5) is 5.69 Å². The van der Waals surface area contributed by atoms with Crippen molar-refractivity contribution in [2.24, 2.45) is 0 Å². The summed E-state index contributed by atoms with van der Waals surface area (Å²) in [7, 11) is -3.42. The highest BCUT2D eigenvalue weighted by atomic mass is 32.2. The van der Waals surface area contributed by atoms with E-state index in [1.165, 1.54) is 20.8 Å². The first kappa shape index (κ1) is 16.1. The van der Waals surface area contributed by atoms with E-state index in [4.69, 9.17) is 5.11 Å². The predicted octanol–water partition coefficient (Wildman–Crippen LogP) is 0.703. The van der Waals surface area contributed by atoms with Crippen molar-refractivity contribution < 1.29 is 23.2 Å². The lowest BCUT2D eigenvalue weighted by molar-refractivity contribution is -0.385. The van der Waals surface area contributed by atoms with Crippen molar-refractivity contribution in [3.05, 3.63) is 22.0 Å². The Labute approximate surface area is 115 Å². The van der Waals surface area contributed by atoms with Gasteiger partial charge in [0.2, 0.25) is 5.69 Å². The van der Waals surface area contributed by atoms with Crippen LogP contribution in [0.1, 0.15) is 31.3 Å². The lowest BCUT2D eigenvalue weighted by Gasteiger charge is -2.18. The molecule has 0 aliphatic rings. The molecule has 112 valence electrons. The smallest absolute Gasteiger partial charge is 0.363 e. The Hall–Kier alpha value is -1.97. The fraction of sp³-hybridized carbons (Fsp3) is 0.600. The Morgan fingerprint density at radius 3 is 2.40 bits per heavy atom. The molecule has 0 saturated heterocycles. The molecule has 0 saturated carbocycles. The fourth-order valence-electron chi connectivity index (χ4n) is 1.33. The molecule has 0 bridgehead atoms. The Morgan fingerprint density at radius 2 is 2.05 bits per heavy atom. The summed E-state index contributed by atoms with van der Waals surface area (Å²) in [5.41, 5.74) is -1.37. The predicted molar refractivity (Wildman–Crippen MR) is 69.4 cm³/mol. The number of nitro groups is 1. The van der Waals surface area contributed by atoms with Crippen LogP contribution in [0.5, 0.6) is 0 Å². The van der Waals surface area contributed by atoms with Gasteiger partial charge in [-0.05, 0) is 20.8 Å². The van der Waals surface area contributed by atoms with Gasteiger partial charge in [-0.25, -0.2) is 13.2 Å². The van der Waals surface area contributed by atoms with Crippen LogP contribution in [0, 0.1) is 10.1 Å². The van der Waals surface area contributed by atoms with E-state index in [0.29, 0.717) is 0 Å². The minimum Gasteiger partial charge on any atom is -0.476 e. The molecule has 0 radical (unpaired) electrons. The molecule has 0 spiro atoms. The van der Waals surface area contributed by atoms with E-state index in [2.05, 4.69) is 5.10 Å². The van der Waals surface area contributed by atoms with Crippen molar-refractivity contribution >= 4 is 21.5 Å². The SMILES string of the molecule is CC(C)(C)S(=O)(=O)CCn1cc([N+](=O)[O-])c(C(=O)O)n1. The molecule has 1 heterocycles. The monoisotopic (exact) mass is 305 g/mol. The summed E-state index contributed by atoms with van der Waals surface area (Å²) in [6.07, 6.45) is 0.918. The van der Waals surface area contributed by atoms with Crippen molar-refractivity contribution in [2.75, 3.05) is 5.75 Å². The highest BCUT2D eigenvalue weighted by molar-refractivity contribution is 7.92. The number of rotatable bonds is 5. The van der Waals surface area contributed by atoms with Crippen LogP contribution in [0.2, 0.25) is 0 Å². The van der Waals surface area contributed by atoms with Crippen molar-refractivity contribution in [1.82, 2.24) is 9.78 Å². The minimum atomic E-state index is -3.42. The van der Waals surface area contributed by atoms with E-state index in [0.717, 1.165) is 10.9 Å². The molecule has 9 nitrogen and oxygen atoms in total. The number of aryl methyl sites for hydroxylation is 1. The fourth-order valence-corrected chi connectivity index (χ4v) is 2.37. The molecule has 0 atom stereocenters. The number of hydrogen-bond acceptors (Lipinski definition) is 6. The Morgan fingerprint density at radius 1 is 1.50 bits per heavy atom. The molecular formula is C10H15N3O6S. The Kier molecular flexibility index (Phi) is 4.18. The normalized spacial score (nSPS) is 12.3. The van der Waals surface area contributed by atoms with Gasteiger partial charge < -0.3 is 5.11 Å². The largest absolute Gasteiger partial charge is 0.476 e. The summed E-state index contributed by atoms with van der Waals surface area (Å²) < 4.78 is 23.8. The third-order valence-electron chi connectivity index (χ3n) is 2.66. The van der Waals surface area contributed by atoms with Crippen LogP contribution in [0.25, 0.3) is 0 Å². The van der Waals surface area contributed by atoms with Crippen LogP contribution in [-0.2, 0) is 16.4 Å². The third kappa shape index (κ3) is 3.32. The van der Waals surface area contributed by atoms with Gasteiger partial charge in [-0.15, -0.1) is 0 Å². The van der Waals surface area contributed by atoms with E-state index in [1.807, 2.05) is 0 Å². The average Bonchev–Trinajstić information content (AvgIpc) is 2.69. The first-order valence-corrected chi connectivity index (χ1v) is 7.28. The van der Waals surface area contributed by atoms with E-state index in [9.17, 15) is 23.3 Å². The van der Waals surface area contributed by atoms with Crippen LogP contribution in [0.15, 0.2) is 6.20 Å². The van der Waals surface area contributed by atoms with Gasteiger partial charge in [-0.2, -0.15) is 5.10 Å². The van der Waals surface area contributed by atoms with Crippen molar-refractivity contribution in [2.45, 2.75) is 32.1 Å². The lowest BCUT2D eigenvalue weighted by Crippen LogP contribution is -2.32. The number of aromatic nitrogens is 2. The molecule has 0 aliphatic heterocycles. The van der Waals surface area contributed by atoms with Gasteiger partial charge in [0.05, 0.1) is 22.0 Å². The molecule has 0 fully saturated rings. The molecule has 1 N–H and O–H groups in total.